The van der Waals surface area contributed by atoms with Gasteiger partial charge in [-0.15, -0.1) is 0 Å². The van der Waals surface area contributed by atoms with Crippen LogP contribution < -0.4 is 0 Å². The third-order valence-corrected chi connectivity index (χ3v) is 3.37. The van der Waals surface area contributed by atoms with E-state index in [1.807, 2.05) is 0 Å². The number of ether oxygens (including phenoxy) is 1. The number of benzene rings is 1. The van der Waals surface area contributed by atoms with Crippen LogP contribution in [0, 0.1) is 10.1 Å². The van der Waals surface area contributed by atoms with E-state index < -0.39 is 25.6 Å². The highest BCUT2D eigenvalue weighted by atomic mass is 32.2. The van der Waals surface area contributed by atoms with Gasteiger partial charge in [0.05, 0.1) is 17.6 Å². The van der Waals surface area contributed by atoms with Crippen LogP contribution in [0.2, 0.25) is 0 Å². The molecule has 1 aromatic rings. The van der Waals surface area contributed by atoms with E-state index in [1.54, 1.807) is 0 Å². The van der Waals surface area contributed by atoms with Crippen molar-refractivity contribution in [2.75, 3.05) is 6.61 Å². The van der Waals surface area contributed by atoms with Crippen LogP contribution in [0.4, 0.5) is 5.69 Å². The SMILES string of the molecule is O=[N+]([O-])c1cccc(C[C@H]2CO2)c1S(=O)(=O)O. The van der Waals surface area contributed by atoms with Crippen molar-refractivity contribution in [1.82, 2.24) is 0 Å². The number of hydrogen-bond acceptors (Lipinski definition) is 5. The molecule has 1 heterocycles. The van der Waals surface area contributed by atoms with Crippen molar-refractivity contribution in [1.29, 1.82) is 0 Å². The molecule has 1 atom stereocenters. The summed E-state index contributed by atoms with van der Waals surface area (Å²) < 4.78 is 36.4. The van der Waals surface area contributed by atoms with Gasteiger partial charge in [0, 0.05) is 12.5 Å². The van der Waals surface area contributed by atoms with Gasteiger partial charge in [-0.3, -0.25) is 14.7 Å². The van der Waals surface area contributed by atoms with E-state index in [0.717, 1.165) is 6.07 Å². The first-order valence-corrected chi connectivity index (χ1v) is 6.19. The lowest BCUT2D eigenvalue weighted by Crippen LogP contribution is -2.09. The molecule has 0 aromatic heterocycles. The Labute approximate surface area is 96.9 Å². The molecule has 1 saturated heterocycles. The average Bonchev–Trinajstić information content (AvgIpc) is 2.99. The fourth-order valence-corrected chi connectivity index (χ4v) is 2.49. The lowest BCUT2D eigenvalue weighted by Gasteiger charge is -2.05. The van der Waals surface area contributed by atoms with Crippen LogP contribution in [0.15, 0.2) is 23.1 Å². The maximum Gasteiger partial charge on any atom is 0.301 e. The van der Waals surface area contributed by atoms with Crippen LogP contribution in [-0.4, -0.2) is 30.6 Å². The first kappa shape index (κ1) is 12.0. The number of rotatable bonds is 4. The van der Waals surface area contributed by atoms with Gasteiger partial charge < -0.3 is 4.74 Å². The molecule has 0 radical (unpaired) electrons. The highest BCUT2D eigenvalue weighted by molar-refractivity contribution is 7.86. The van der Waals surface area contributed by atoms with Crippen molar-refractivity contribution in [2.45, 2.75) is 17.4 Å². The van der Waals surface area contributed by atoms with Gasteiger partial charge in [-0.25, -0.2) is 0 Å². The van der Waals surface area contributed by atoms with Gasteiger partial charge in [0.2, 0.25) is 0 Å². The van der Waals surface area contributed by atoms with Crippen LogP contribution in [0.1, 0.15) is 5.56 Å². The normalized spacial score (nSPS) is 19.0. The Balaban J connectivity index is 2.57. The Morgan fingerprint density at radius 3 is 2.65 bits per heavy atom. The molecule has 1 fully saturated rings. The minimum absolute atomic E-state index is 0.127. The predicted molar refractivity (Wildman–Crippen MR) is 56.4 cm³/mol. The van der Waals surface area contributed by atoms with Gasteiger partial charge in [-0.05, 0) is 5.56 Å². The summed E-state index contributed by atoms with van der Waals surface area (Å²) in [5, 5.41) is 10.7. The number of nitro groups is 1. The van der Waals surface area contributed by atoms with Crippen LogP contribution in [0.5, 0.6) is 0 Å². The molecule has 0 bridgehead atoms. The van der Waals surface area contributed by atoms with Crippen LogP contribution in [0.3, 0.4) is 0 Å². The maximum absolute atomic E-state index is 11.2. The average molecular weight is 259 g/mol. The van der Waals surface area contributed by atoms with Crippen molar-refractivity contribution in [3.8, 4) is 0 Å². The molecule has 2 rings (SSSR count). The molecule has 0 unspecified atom stereocenters. The van der Waals surface area contributed by atoms with E-state index in [2.05, 4.69) is 0 Å². The van der Waals surface area contributed by atoms with Crippen LogP contribution in [0.25, 0.3) is 0 Å². The molecular weight excluding hydrogens is 250 g/mol. The Bertz CT molecular complexity index is 563. The molecular formula is C9H9NO6S. The summed E-state index contributed by atoms with van der Waals surface area (Å²) >= 11 is 0. The summed E-state index contributed by atoms with van der Waals surface area (Å²) in [6.07, 6.45) is 0.106. The standard InChI is InChI=1S/C9H9NO6S/c11-10(12)8-3-1-2-6(4-7-5-16-7)9(8)17(13,14)15/h1-3,7H,4-5H2,(H,13,14,15)/t7-/m0/s1. The van der Waals surface area contributed by atoms with Gasteiger partial charge in [0.15, 0.2) is 4.90 Å². The van der Waals surface area contributed by atoms with Crippen molar-refractivity contribution >= 4 is 15.8 Å². The monoisotopic (exact) mass is 259 g/mol. The predicted octanol–water partition coefficient (Wildman–Crippen LogP) is 0.783. The molecule has 8 heteroatoms. The molecule has 92 valence electrons. The second-order valence-electron chi connectivity index (χ2n) is 3.66. The van der Waals surface area contributed by atoms with Gasteiger partial charge in [0.25, 0.3) is 5.69 Å². The number of nitro benzene ring substituents is 1. The lowest BCUT2D eigenvalue weighted by molar-refractivity contribution is -0.388. The summed E-state index contributed by atoms with van der Waals surface area (Å²) in [6.45, 7) is 0.494. The van der Waals surface area contributed by atoms with Gasteiger partial charge in [0.1, 0.15) is 0 Å². The van der Waals surface area contributed by atoms with Crippen molar-refractivity contribution < 1.29 is 22.6 Å². The zero-order chi connectivity index (χ0) is 12.6. The van der Waals surface area contributed by atoms with Gasteiger partial charge in [-0.2, -0.15) is 8.42 Å². The summed E-state index contributed by atoms with van der Waals surface area (Å²) in [4.78, 5) is 9.25. The van der Waals surface area contributed by atoms with Crippen molar-refractivity contribution in [3.05, 3.63) is 33.9 Å². The Morgan fingerprint density at radius 1 is 1.53 bits per heavy atom. The molecule has 17 heavy (non-hydrogen) atoms. The molecule has 1 aliphatic heterocycles. The van der Waals surface area contributed by atoms with E-state index in [0.29, 0.717) is 6.61 Å². The fourth-order valence-electron chi connectivity index (χ4n) is 1.60. The third-order valence-electron chi connectivity index (χ3n) is 2.38. The largest absolute Gasteiger partial charge is 0.373 e. The van der Waals surface area contributed by atoms with Crippen LogP contribution >= 0.6 is 0 Å². The smallest absolute Gasteiger partial charge is 0.301 e. The van der Waals surface area contributed by atoms with E-state index in [4.69, 9.17) is 9.29 Å². The third kappa shape index (κ3) is 2.60. The second-order valence-corrected chi connectivity index (χ2v) is 5.02. The molecule has 0 spiro atoms. The molecule has 1 N–H and O–H groups in total. The first-order valence-electron chi connectivity index (χ1n) is 4.75. The number of hydrogen-bond donors (Lipinski definition) is 1. The van der Waals surface area contributed by atoms with E-state index >= 15 is 0 Å². The summed E-state index contributed by atoms with van der Waals surface area (Å²) in [7, 11) is -4.62. The molecule has 0 saturated carbocycles. The lowest BCUT2D eigenvalue weighted by atomic mass is 10.1. The number of epoxide rings is 1. The van der Waals surface area contributed by atoms with Crippen molar-refractivity contribution in [3.63, 3.8) is 0 Å². The molecule has 1 aromatic carbocycles. The quantitative estimate of drug-likeness (QED) is 0.370. The Morgan fingerprint density at radius 2 is 2.18 bits per heavy atom. The van der Waals surface area contributed by atoms with Crippen molar-refractivity contribution in [2.24, 2.45) is 0 Å². The minimum Gasteiger partial charge on any atom is -0.373 e. The zero-order valence-corrected chi connectivity index (χ0v) is 9.38. The Hall–Kier alpha value is -1.51. The summed E-state index contributed by atoms with van der Waals surface area (Å²) in [6, 6.07) is 3.85. The first-order chi connectivity index (χ1) is 7.89. The molecule has 7 nitrogen and oxygen atoms in total. The summed E-state index contributed by atoms with van der Waals surface area (Å²) in [5.41, 5.74) is -0.421. The van der Waals surface area contributed by atoms with E-state index in [1.165, 1.54) is 12.1 Å². The van der Waals surface area contributed by atoms with E-state index in [9.17, 15) is 18.5 Å². The fraction of sp³-hybridized carbons (Fsp3) is 0.333. The van der Waals surface area contributed by atoms with Gasteiger partial charge in [-0.1, -0.05) is 12.1 Å². The van der Waals surface area contributed by atoms with E-state index in [-0.39, 0.29) is 18.1 Å². The molecule has 0 aliphatic carbocycles. The Kier molecular flexibility index (Phi) is 2.86. The van der Waals surface area contributed by atoms with Crippen LogP contribution in [-0.2, 0) is 21.3 Å². The molecule has 1 aliphatic rings. The topological polar surface area (TPSA) is 110 Å². The maximum atomic E-state index is 11.2. The zero-order valence-electron chi connectivity index (χ0n) is 8.57. The number of nitrogens with zero attached hydrogens (tertiary/aromatic N) is 1. The summed E-state index contributed by atoms with van der Waals surface area (Å²) in [5.74, 6) is 0. The highest BCUT2D eigenvalue weighted by Gasteiger charge is 2.31. The highest BCUT2D eigenvalue weighted by Crippen LogP contribution is 2.29. The minimum atomic E-state index is -4.62. The molecule has 0 amide bonds. The second kappa shape index (κ2) is 4.06. The van der Waals surface area contributed by atoms with Gasteiger partial charge >= 0.3 is 10.1 Å².